The molecule has 0 radical (unpaired) electrons. The first kappa shape index (κ1) is 117. The van der Waals surface area contributed by atoms with E-state index in [1.807, 2.05) is 121 Å². The van der Waals surface area contributed by atoms with Gasteiger partial charge in [0.25, 0.3) is 0 Å². The van der Waals surface area contributed by atoms with Crippen LogP contribution in [0.4, 0.5) is 5.69 Å². The van der Waals surface area contributed by atoms with Crippen LogP contribution in [0, 0.1) is 36.5 Å². The summed E-state index contributed by atoms with van der Waals surface area (Å²) in [7, 11) is 25.0. The van der Waals surface area contributed by atoms with Gasteiger partial charge in [0.05, 0.1) is 45.9 Å². The number of hydrogen-bond acceptors (Lipinski definition) is 25. The van der Waals surface area contributed by atoms with Crippen molar-refractivity contribution >= 4 is 69.6 Å². The van der Waals surface area contributed by atoms with E-state index in [0.29, 0.717) is 84.3 Å². The second kappa shape index (κ2) is 56.3. The maximum absolute atomic E-state index is 12.1. The summed E-state index contributed by atoms with van der Waals surface area (Å²) in [4.78, 5) is 116. The predicted molar refractivity (Wildman–Crippen MR) is 572 cm³/mol. The number of hydrogen-bond donors (Lipinski definition) is 9. The molecule has 14 aliphatic heterocycles. The molecule has 37 heteroatoms. The summed E-state index contributed by atoms with van der Waals surface area (Å²) in [5, 5.41) is 57.3. The van der Waals surface area contributed by atoms with Crippen molar-refractivity contribution in [3.63, 3.8) is 0 Å². The highest BCUT2D eigenvalue weighted by Gasteiger charge is 2.47. The number of nitrogens with two attached hydrogens (primary N) is 1. The number of pyridine rings is 1. The lowest BCUT2D eigenvalue weighted by atomic mass is 9.77. The molecule has 802 valence electrons. The van der Waals surface area contributed by atoms with Crippen LogP contribution in [-0.2, 0) is 54.7 Å². The molecule has 12 saturated heterocycles. The number of imidazole rings is 2. The normalized spacial score (nSPS) is 22.5. The van der Waals surface area contributed by atoms with Gasteiger partial charge in [0.15, 0.2) is 0 Å². The van der Waals surface area contributed by atoms with Crippen LogP contribution in [0.15, 0.2) is 96.4 Å². The van der Waals surface area contributed by atoms with Gasteiger partial charge in [-0.3, -0.25) is 43.3 Å². The number of aliphatic carboxylic acids is 3. The van der Waals surface area contributed by atoms with Gasteiger partial charge in [-0.15, -0.1) is 10.2 Å². The molecule has 14 aliphatic rings. The van der Waals surface area contributed by atoms with Crippen molar-refractivity contribution in [1.29, 1.82) is 0 Å². The van der Waals surface area contributed by atoms with Gasteiger partial charge in [-0.25, -0.2) is 9.78 Å². The topological polar surface area (TPSA) is 390 Å². The minimum atomic E-state index is -0.966. The SMILES string of the molecule is C.C=C(O)C1CCN(C)CC1.CN1CCC(CC(=O)O)CC1.CN1CCC(N)(C(=O)O)CC1.CN1CCC(N2C(=O)Cc3ccccc32)CC1.CN1CCC(N2CCC[C@H]2C(=O)O)CC1.CN1CCC(n2c(=O)[nH]c3cc(Cl)ccc32)CC1.CN1CCC2(CC1)CCN(C)C2=O.CN1CCC2(CCNC2=O)CC1.CN1CCc2[nH]ncc2C1.CNCc1cn2ccccc2n1.Cc1nnc(C)n1C1CCN(C)CC1. The molecule has 10 N–H and O–H groups in total. The lowest BCUT2D eigenvalue weighted by Gasteiger charge is -2.36. The van der Waals surface area contributed by atoms with E-state index in [1.165, 1.54) is 42.8 Å². The van der Waals surface area contributed by atoms with Gasteiger partial charge in [-0.1, -0.05) is 49.9 Å². The van der Waals surface area contributed by atoms with Crippen molar-refractivity contribution in [3.8, 4) is 0 Å². The number of piperidine rings is 9. The minimum Gasteiger partial charge on any atom is -0.513 e. The Hall–Kier alpha value is -9.12. The smallest absolute Gasteiger partial charge is 0.326 e. The summed E-state index contributed by atoms with van der Waals surface area (Å²) < 4.78 is 6.19. The number of likely N-dealkylation sites (tertiary alicyclic amines) is 11. The van der Waals surface area contributed by atoms with Gasteiger partial charge >= 0.3 is 23.6 Å². The Morgan fingerprint density at radius 1 is 0.549 bits per heavy atom. The molecule has 36 nitrogen and oxygen atoms in total. The predicted octanol–water partition coefficient (Wildman–Crippen LogP) is 10.3. The van der Waals surface area contributed by atoms with Gasteiger partial charge in [0.2, 0.25) is 17.7 Å². The number of nitrogens with zero attached hydrogens (tertiary/aromatic N) is 20. The van der Waals surface area contributed by atoms with Crippen molar-refractivity contribution < 1.29 is 49.2 Å². The molecule has 2 spiro atoms. The molecule has 19 heterocycles. The van der Waals surface area contributed by atoms with Crippen molar-refractivity contribution in [2.45, 2.75) is 231 Å². The summed E-state index contributed by atoms with van der Waals surface area (Å²) in [6.45, 7) is 32.5. The zero-order valence-electron chi connectivity index (χ0n) is 88.4. The zero-order valence-corrected chi connectivity index (χ0v) is 89.2. The molecule has 1 atom stereocenters. The summed E-state index contributed by atoms with van der Waals surface area (Å²) in [5.74, 6) is 2.07. The van der Waals surface area contributed by atoms with E-state index in [9.17, 15) is 33.6 Å². The number of fused-ring (bicyclic) bond motifs is 4. The highest BCUT2D eigenvalue weighted by Crippen LogP contribution is 2.42. The number of carboxylic acids is 3. The molecule has 7 aromatic rings. The average molecular weight is 2020 g/mol. The summed E-state index contributed by atoms with van der Waals surface area (Å²) >= 11 is 5.95. The fourth-order valence-corrected chi connectivity index (χ4v) is 22.3. The Bertz CT molecular complexity index is 5130. The third-order valence-electron chi connectivity index (χ3n) is 32.0. The number of anilines is 1. The van der Waals surface area contributed by atoms with E-state index in [-0.39, 0.29) is 35.9 Å². The Labute approximate surface area is 861 Å². The molecule has 0 bridgehead atoms. The van der Waals surface area contributed by atoms with E-state index in [1.54, 1.807) is 0 Å². The molecule has 0 aliphatic carbocycles. The minimum absolute atomic E-state index is 0. The molecule has 2 aromatic carbocycles. The Kier molecular flexibility index (Phi) is 45.7. The molecular formula is C107H176ClN25O11. The number of amides is 3. The number of aromatic nitrogens is 9. The number of aromatic amines is 2. The van der Waals surface area contributed by atoms with E-state index in [4.69, 9.17) is 37.8 Å². The Morgan fingerprint density at radius 3 is 1.56 bits per heavy atom. The Balaban J connectivity index is 0.000000163. The van der Waals surface area contributed by atoms with Gasteiger partial charge in [0.1, 0.15) is 28.9 Å². The molecule has 5 aromatic heterocycles. The Morgan fingerprint density at radius 2 is 1.05 bits per heavy atom. The van der Waals surface area contributed by atoms with Crippen molar-refractivity contribution in [2.24, 2.45) is 28.4 Å². The lowest BCUT2D eigenvalue weighted by Crippen LogP contribution is -2.54. The van der Waals surface area contributed by atoms with Crippen molar-refractivity contribution in [1.82, 2.24) is 113 Å². The second-order valence-corrected chi connectivity index (χ2v) is 43.4. The van der Waals surface area contributed by atoms with Crippen LogP contribution in [0.3, 0.4) is 0 Å². The summed E-state index contributed by atoms with van der Waals surface area (Å²) in [5.41, 5.74) is 13.6. The number of allylic oxidation sites excluding steroid dienone is 1. The van der Waals surface area contributed by atoms with E-state index >= 15 is 0 Å². The third-order valence-corrected chi connectivity index (χ3v) is 32.3. The van der Waals surface area contributed by atoms with Gasteiger partial charge in [-0.05, 0) is 392 Å². The zero-order chi connectivity index (χ0) is 103. The number of carbonyl (C=O) groups is 6. The number of halogens is 1. The molecular weight excluding hydrogens is 1850 g/mol. The maximum atomic E-state index is 12.1. The number of benzene rings is 2. The molecule has 3 amide bonds. The molecule has 0 unspecified atom stereocenters. The van der Waals surface area contributed by atoms with E-state index < -0.39 is 23.4 Å². The highest BCUT2D eigenvalue weighted by molar-refractivity contribution is 6.31. The lowest BCUT2D eigenvalue weighted by molar-refractivity contribution is -0.145. The fraction of sp³-hybridized carbons (Fsp3) is 0.692. The van der Waals surface area contributed by atoms with Gasteiger partial charge in [-0.2, -0.15) is 5.10 Å². The van der Waals surface area contributed by atoms with Crippen molar-refractivity contribution in [2.75, 3.05) is 233 Å². The first-order chi connectivity index (χ1) is 68.3. The number of likely N-dealkylation sites (N-methyl/N-ethyl adjacent to an activating group) is 1. The quantitative estimate of drug-likeness (QED) is 0.0543. The van der Waals surface area contributed by atoms with E-state index in [2.05, 4.69) is 182 Å². The summed E-state index contributed by atoms with van der Waals surface area (Å²) in [6.07, 6.45) is 30.5. The monoisotopic (exact) mass is 2020 g/mol. The van der Waals surface area contributed by atoms with Crippen LogP contribution in [0.5, 0.6) is 0 Å². The van der Waals surface area contributed by atoms with Crippen LogP contribution in [0.25, 0.3) is 16.7 Å². The molecule has 21 rings (SSSR count). The van der Waals surface area contributed by atoms with Crippen LogP contribution in [0.1, 0.15) is 201 Å². The molecule has 12 fully saturated rings. The number of H-pyrrole nitrogens is 2. The maximum Gasteiger partial charge on any atom is 0.326 e. The largest absolute Gasteiger partial charge is 0.513 e. The number of nitrogens with one attached hydrogen (secondary N) is 4. The standard InChI is InChI=1S/C14H18N2O.C13H16ClN3O.C11H20N2O2.C10H18N4.C10H18N2O.C9H11N3.C9H16N2O.C8H15NO2.C8H15NO.C7H11N3.C7H14N2O2.CH4/c1-15-8-6-12(7-9-15)16-13-5-3-2-4-11(13)10-14(16)17;1-16-6-4-10(5-7-16)17-12-3-2-9(14)8-11(12)15-13(17)18;1-12-7-4-9(5-8-12)13-6-2-3-10(13)11(14)15;1-8-11-12-9(2)14(8)10-4-6-13(3)7-5-10;1-11-6-3-10(4-7-11)5-8-12(2)9(10)13;1-10-6-8-7-12-5-3-2-4-9(12)11-8;1-11-6-3-9(4-7-11)2-5-10-8(9)12;1-9-4-2-7(3-5-9)6-8(10)11;1-7(10)8-3-5-9(2)6-4-8;1-10-3-2-7-6(5-10)4-8-9-7;1-9-4-2-7(8,3-5-9)6(10)11;/h2-5,12H,6-10H2,1H3;2-3,8,10H,4-7H2,1H3,(H,15,18);9-10H,2-8H2,1H3,(H,14,15);10H,4-7H2,1-3H3;3-8H2,1-2H3;2-5,7,10H,6H2,1H3;2-7H2,1H3,(H,10,12);7H,2-6H2,1H3,(H,10,11);8,10H,1,3-6H2,2H3;4H,2-3,5H2,1H3,(H,8,9);2-5,8H2,1H3,(H,10,11);1H4/t;;10-;;;;;;;;;/m..0........./s1. The number of para-hydroxylation sites is 1. The van der Waals surface area contributed by atoms with Crippen LogP contribution in [-0.4, -0.2) is 411 Å². The number of carbonyl (C=O) groups excluding carboxylic acids is 3. The van der Waals surface area contributed by atoms with Crippen LogP contribution in [0.2, 0.25) is 5.02 Å². The van der Waals surface area contributed by atoms with Crippen LogP contribution < -0.4 is 27.0 Å². The fourth-order valence-electron chi connectivity index (χ4n) is 22.2. The first-order valence-electron chi connectivity index (χ1n) is 52.6. The average Bonchev–Trinajstić information content (AvgIpc) is 1.70. The van der Waals surface area contributed by atoms with Crippen LogP contribution >= 0.6 is 11.6 Å². The number of aliphatic hydroxyl groups excluding tert-OH is 1. The summed E-state index contributed by atoms with van der Waals surface area (Å²) in [6, 6.07) is 21.4. The number of aliphatic hydroxyl groups is 1. The first-order valence-corrected chi connectivity index (χ1v) is 53.0. The second-order valence-electron chi connectivity index (χ2n) is 43.0. The molecule has 144 heavy (non-hydrogen) atoms. The van der Waals surface area contributed by atoms with Crippen molar-refractivity contribution in [3.05, 3.63) is 141 Å². The number of rotatable bonds is 11. The highest BCUT2D eigenvalue weighted by atomic mass is 35.5. The van der Waals surface area contributed by atoms with Gasteiger partial charge in [0, 0.05) is 130 Å². The van der Waals surface area contributed by atoms with Gasteiger partial charge < -0.3 is 110 Å². The third kappa shape index (κ3) is 33.7. The molecule has 0 saturated carbocycles. The number of carboxylic acid groups (broad SMARTS) is 3. The van der Waals surface area contributed by atoms with E-state index in [0.717, 1.165) is 306 Å². The number of aryl methyl sites for hydroxylation is 2.